The largest absolute Gasteiger partial charge is 0.394 e. The first-order chi connectivity index (χ1) is 58.1. The van der Waals surface area contributed by atoms with Crippen molar-refractivity contribution in [3.8, 4) is 0 Å². The van der Waals surface area contributed by atoms with Crippen LogP contribution in [0, 0.1) is 0 Å². The molecule has 23 N–H and O–H groups in total. The average Bonchev–Trinajstić information content (AvgIpc) is 0.760. The summed E-state index contributed by atoms with van der Waals surface area (Å²) >= 11 is 0. The van der Waals surface area contributed by atoms with Crippen LogP contribution in [0.3, 0.4) is 0 Å². The van der Waals surface area contributed by atoms with E-state index in [2.05, 4.69) is 24.5 Å². The number of hydrogen-bond acceptors (Lipinski definition) is 37. The lowest BCUT2D eigenvalue weighted by Gasteiger charge is -2.51. The number of aliphatic hydroxyl groups excluding tert-OH is 21. The zero-order valence-electron chi connectivity index (χ0n) is 70.6. The third kappa shape index (κ3) is 31.0. The molecule has 0 aromatic rings. The summed E-state index contributed by atoms with van der Waals surface area (Å²) in [6.07, 6.45) is -31.8. The first-order valence-corrected chi connectivity index (χ1v) is 44.4. The highest BCUT2D eigenvalue weighted by molar-refractivity contribution is 5.76. The van der Waals surface area contributed by atoms with E-state index in [9.17, 15) is 117 Å². The normalized spacial score (nSPS) is 39.2. The van der Waals surface area contributed by atoms with Gasteiger partial charge in [0.25, 0.3) is 0 Å². The van der Waals surface area contributed by atoms with E-state index in [0.717, 1.165) is 58.3 Å². The standard InChI is InChI=1S/C82H148N2O37/c1-5-7-9-11-13-15-17-19-20-21-22-24-26-28-30-32-34-36-54(93)84-46(47(92)35-33-31-29-27-25-23-18-16-14-12-10-8-6-2)43-108-77-67(105)63(101)70(52(41-89)114-77)116-80-68(106)64(102)71(53(42-90)115-80)117-81-69(107)73(59(97)50(39-87)112-81)119-76-55(83-45(4)91)72(58(96)49(38-86)110-76)118-82-75(121-78-65(103)61(99)56(94)44(3)109-78)74(60(98)51(40-88)113-82)120-79-66(104)62(100)57(95)48(37-85)111-79/h33,35,44,46-53,55-82,85-90,92,94-107H,5-32,34,36-43H2,1-4H3,(H,83,91)(H,84,93)/b35-33+/t44?,46-,47+,48?,49?,50?,51?,52?,53?,55?,56+,57-,58-,59-,60-,61?,62-,63+,64+,65-,66?,67?,68?,69?,70+,71-,72+,73-,74-,75?,76-,77+,78+,79+,80-,81-,82-/m0/s1. The number of unbranched alkanes of at least 4 members (excludes halogenated alkanes) is 27. The van der Waals surface area contributed by atoms with Crippen LogP contribution in [0.2, 0.25) is 0 Å². The van der Waals surface area contributed by atoms with Crippen LogP contribution in [-0.4, -0.2) is 392 Å². The van der Waals surface area contributed by atoms with Crippen LogP contribution in [-0.2, 0) is 75.9 Å². The molecule has 7 heterocycles. The number of carbonyl (C=O) groups is 2. The van der Waals surface area contributed by atoms with Crippen molar-refractivity contribution in [3.63, 3.8) is 0 Å². The summed E-state index contributed by atoms with van der Waals surface area (Å²) in [7, 11) is 0. The summed E-state index contributed by atoms with van der Waals surface area (Å²) < 4.78 is 83.4. The van der Waals surface area contributed by atoms with Crippen molar-refractivity contribution in [2.75, 3.05) is 46.2 Å². The van der Waals surface area contributed by atoms with Gasteiger partial charge in [0.05, 0.1) is 64.5 Å². The highest BCUT2D eigenvalue weighted by atomic mass is 16.8. The lowest BCUT2D eigenvalue weighted by molar-refractivity contribution is -0.404. The Morgan fingerprint density at radius 1 is 0.339 bits per heavy atom. The Hall–Kier alpha value is -2.72. The number of nitrogens with one attached hydrogen (secondary N) is 2. The Balaban J connectivity index is 0.998. The molecule has 39 heteroatoms. The quantitative estimate of drug-likeness (QED) is 0.0214. The summed E-state index contributed by atoms with van der Waals surface area (Å²) in [4.78, 5) is 26.8. The Morgan fingerprint density at radius 3 is 1.15 bits per heavy atom. The van der Waals surface area contributed by atoms with Gasteiger partial charge in [-0.2, -0.15) is 0 Å². The monoisotopic (exact) mass is 1750 g/mol. The fourth-order valence-electron chi connectivity index (χ4n) is 16.4. The second kappa shape index (κ2) is 55.3. The van der Waals surface area contributed by atoms with Crippen molar-refractivity contribution in [3.05, 3.63) is 12.2 Å². The molecule has 14 unspecified atom stereocenters. The molecule has 2 amide bonds. The van der Waals surface area contributed by atoms with Crippen molar-refractivity contribution in [2.24, 2.45) is 0 Å². The number of ether oxygens (including phenoxy) is 14. The van der Waals surface area contributed by atoms with Crippen LogP contribution in [0.5, 0.6) is 0 Å². The van der Waals surface area contributed by atoms with Gasteiger partial charge in [0.15, 0.2) is 44.0 Å². The smallest absolute Gasteiger partial charge is 0.220 e. The van der Waals surface area contributed by atoms with Gasteiger partial charge in [0, 0.05) is 13.3 Å². The van der Waals surface area contributed by atoms with E-state index in [-0.39, 0.29) is 12.3 Å². The molecule has 708 valence electrons. The number of amides is 2. The van der Waals surface area contributed by atoms with Crippen molar-refractivity contribution in [1.82, 2.24) is 10.6 Å². The van der Waals surface area contributed by atoms with Gasteiger partial charge in [-0.15, -0.1) is 0 Å². The molecule has 0 aromatic heterocycles. The molecule has 0 spiro atoms. The van der Waals surface area contributed by atoms with E-state index >= 15 is 0 Å². The van der Waals surface area contributed by atoms with Gasteiger partial charge < -0.3 is 184 Å². The van der Waals surface area contributed by atoms with Gasteiger partial charge in [0.1, 0.15) is 165 Å². The fraction of sp³-hybridized carbons (Fsp3) is 0.951. The molecule has 0 aromatic carbocycles. The SMILES string of the molecule is CCCCCCCCCCCCC/C=C/[C@@H](O)[C@H](CO[C@@H]1OC(CO)[C@@H](O[C@@H]2OC(CO)[C@H](O[C@@H]3OC(CO)[C@H](O)[C@H](O[C@@H]4OC(CO)[C@H](O)[C@H](O[C@@H]5OC(CO)[C@H](O)[C@H](O[C@H]6OC(CO)[C@H](O)[C@H](O)C6O)C5O[C@H]5OC(C)[C@@H](O)C(O)[C@@H]5O)C4NC(C)=O)C3O)[C@H](O)C2O)[C@H](O)C1O)NC(=O)CCCCCCCCCCCCCCCCCCC. The number of hydrogen-bond donors (Lipinski definition) is 23. The first kappa shape index (κ1) is 105. The van der Waals surface area contributed by atoms with E-state index in [1.165, 1.54) is 129 Å². The molecule has 7 aliphatic heterocycles. The minimum Gasteiger partial charge on any atom is -0.394 e. The van der Waals surface area contributed by atoms with Crippen molar-refractivity contribution < 1.29 is 183 Å². The second-order valence-electron chi connectivity index (χ2n) is 33.4. The Labute approximate surface area is 708 Å². The minimum absolute atomic E-state index is 0.170. The van der Waals surface area contributed by atoms with E-state index in [1.54, 1.807) is 6.08 Å². The molecular weight excluding hydrogens is 1600 g/mol. The summed E-state index contributed by atoms with van der Waals surface area (Å²) in [5.41, 5.74) is 0. The molecule has 0 bridgehead atoms. The molecule has 7 rings (SSSR count). The zero-order valence-corrected chi connectivity index (χ0v) is 70.6. The highest BCUT2D eigenvalue weighted by Crippen LogP contribution is 2.40. The molecule has 7 saturated heterocycles. The van der Waals surface area contributed by atoms with Gasteiger partial charge >= 0.3 is 0 Å². The maximum atomic E-state index is 13.6. The molecule has 7 aliphatic rings. The summed E-state index contributed by atoms with van der Waals surface area (Å²) in [5.74, 6) is -1.29. The van der Waals surface area contributed by atoms with Crippen LogP contribution in [0.25, 0.3) is 0 Å². The predicted octanol–water partition coefficient (Wildman–Crippen LogP) is -2.94. The van der Waals surface area contributed by atoms with E-state index < -0.39 is 279 Å². The maximum absolute atomic E-state index is 13.6. The number of rotatable bonds is 55. The van der Waals surface area contributed by atoms with Crippen LogP contribution >= 0.6 is 0 Å². The first-order valence-electron chi connectivity index (χ1n) is 44.4. The molecule has 0 saturated carbocycles. The average molecular weight is 1750 g/mol. The fourth-order valence-corrected chi connectivity index (χ4v) is 16.4. The number of aliphatic hydroxyl groups is 21. The highest BCUT2D eigenvalue weighted by Gasteiger charge is 2.60. The second-order valence-corrected chi connectivity index (χ2v) is 33.4. The maximum Gasteiger partial charge on any atom is 0.220 e. The molecular formula is C82H148N2O37. The summed E-state index contributed by atoms with van der Waals surface area (Å²) in [6.45, 7) is -0.0600. The van der Waals surface area contributed by atoms with Crippen LogP contribution in [0.4, 0.5) is 0 Å². The van der Waals surface area contributed by atoms with Crippen molar-refractivity contribution in [1.29, 1.82) is 0 Å². The zero-order chi connectivity index (χ0) is 88.4. The Bertz CT molecular complexity index is 2820. The lowest BCUT2D eigenvalue weighted by Crippen LogP contribution is -2.71. The molecule has 7 fully saturated rings. The van der Waals surface area contributed by atoms with Gasteiger partial charge in [-0.25, -0.2) is 0 Å². The van der Waals surface area contributed by atoms with E-state index in [4.69, 9.17) is 66.3 Å². The van der Waals surface area contributed by atoms with E-state index in [1.807, 2.05) is 6.08 Å². The third-order valence-electron chi connectivity index (χ3n) is 23.9. The van der Waals surface area contributed by atoms with Gasteiger partial charge in [-0.05, 0) is 26.2 Å². The van der Waals surface area contributed by atoms with Gasteiger partial charge in [0.2, 0.25) is 11.8 Å². The number of allylic oxidation sites excluding steroid dienone is 1. The Kier molecular flexibility index (Phi) is 48.2. The van der Waals surface area contributed by atoms with Crippen molar-refractivity contribution in [2.45, 2.75) is 447 Å². The molecule has 0 aliphatic carbocycles. The van der Waals surface area contributed by atoms with Gasteiger partial charge in [-0.1, -0.05) is 193 Å². The molecule has 121 heavy (non-hydrogen) atoms. The van der Waals surface area contributed by atoms with E-state index in [0.29, 0.717) is 12.8 Å². The number of carbonyl (C=O) groups excluding carboxylic acids is 2. The van der Waals surface area contributed by atoms with Crippen molar-refractivity contribution >= 4 is 11.8 Å². The molecule has 37 atom stereocenters. The predicted molar refractivity (Wildman–Crippen MR) is 423 cm³/mol. The van der Waals surface area contributed by atoms with Crippen LogP contribution in [0.1, 0.15) is 220 Å². The molecule has 0 radical (unpaired) electrons. The molecule has 39 nitrogen and oxygen atoms in total. The Morgan fingerprint density at radius 2 is 0.678 bits per heavy atom. The van der Waals surface area contributed by atoms with Crippen LogP contribution in [0.15, 0.2) is 12.2 Å². The lowest BCUT2D eigenvalue weighted by atomic mass is 9.94. The summed E-state index contributed by atoms with van der Waals surface area (Å²) in [6, 6.07) is -3.02. The van der Waals surface area contributed by atoms with Crippen LogP contribution < -0.4 is 10.6 Å². The topological polar surface area (TPSA) is 612 Å². The summed E-state index contributed by atoms with van der Waals surface area (Å²) in [5, 5.41) is 240. The third-order valence-corrected chi connectivity index (χ3v) is 23.9. The van der Waals surface area contributed by atoms with Gasteiger partial charge in [-0.3, -0.25) is 9.59 Å². The minimum atomic E-state index is -2.33.